The molecule has 0 aliphatic heterocycles. The molecule has 21 heavy (non-hydrogen) atoms. The summed E-state index contributed by atoms with van der Waals surface area (Å²) in [6.45, 7) is 8.95. The van der Waals surface area contributed by atoms with E-state index in [4.69, 9.17) is 5.11 Å². The fourth-order valence-corrected chi connectivity index (χ4v) is 2.84. The summed E-state index contributed by atoms with van der Waals surface area (Å²) in [5.41, 5.74) is 4.39. The van der Waals surface area contributed by atoms with Gasteiger partial charge in [0.25, 0.3) is 0 Å². The molecule has 0 aromatic heterocycles. The number of hydrogen-bond donors (Lipinski definition) is 2. The highest BCUT2D eigenvalue weighted by atomic mass is 16.3. The van der Waals surface area contributed by atoms with Crippen LogP contribution in [0.5, 0.6) is 0 Å². The van der Waals surface area contributed by atoms with Gasteiger partial charge < -0.3 is 10.2 Å². The lowest BCUT2D eigenvalue weighted by atomic mass is 9.72. The molecule has 2 N–H and O–H groups in total. The molecule has 0 radical (unpaired) electrons. The Balaban J connectivity index is 2.71. The van der Waals surface area contributed by atoms with Crippen LogP contribution in [0.25, 0.3) is 0 Å². The first-order chi connectivity index (χ1) is 9.86. The Hall–Kier alpha value is -1.12. The molecular formula is C19H30O2. The normalized spacial score (nSPS) is 21.5. The zero-order valence-electron chi connectivity index (χ0n) is 13.9. The van der Waals surface area contributed by atoms with Crippen LogP contribution in [0.4, 0.5) is 0 Å². The van der Waals surface area contributed by atoms with Crippen molar-refractivity contribution in [3.63, 3.8) is 0 Å². The third-order valence-electron chi connectivity index (χ3n) is 4.17. The van der Waals surface area contributed by atoms with E-state index in [2.05, 4.69) is 39.8 Å². The smallest absolute Gasteiger partial charge is 0.0745 e. The fraction of sp³-hybridized carbons (Fsp3) is 0.579. The molecule has 0 spiro atoms. The van der Waals surface area contributed by atoms with Crippen LogP contribution in [0.3, 0.4) is 0 Å². The van der Waals surface area contributed by atoms with Crippen molar-refractivity contribution in [3.8, 4) is 0 Å². The number of aliphatic hydroxyl groups is 2. The second kappa shape index (κ2) is 8.35. The van der Waals surface area contributed by atoms with Crippen LogP contribution in [0, 0.1) is 5.41 Å². The summed E-state index contributed by atoms with van der Waals surface area (Å²) in [6, 6.07) is 0. The van der Waals surface area contributed by atoms with Gasteiger partial charge in [0.15, 0.2) is 0 Å². The van der Waals surface area contributed by atoms with Crippen LogP contribution in [0.1, 0.15) is 53.4 Å². The minimum atomic E-state index is -0.565. The lowest BCUT2D eigenvalue weighted by molar-refractivity contribution is 0.170. The van der Waals surface area contributed by atoms with Crippen LogP contribution in [-0.2, 0) is 0 Å². The van der Waals surface area contributed by atoms with Crippen molar-refractivity contribution in [2.45, 2.75) is 59.5 Å². The molecule has 0 amide bonds. The topological polar surface area (TPSA) is 40.5 Å². The molecule has 1 aliphatic rings. The molecule has 0 saturated heterocycles. The summed E-state index contributed by atoms with van der Waals surface area (Å²) >= 11 is 0. The fourth-order valence-electron chi connectivity index (χ4n) is 2.84. The lowest BCUT2D eigenvalue weighted by Crippen LogP contribution is -2.19. The van der Waals surface area contributed by atoms with Gasteiger partial charge in [-0.25, -0.2) is 0 Å². The Morgan fingerprint density at radius 2 is 2.10 bits per heavy atom. The van der Waals surface area contributed by atoms with Gasteiger partial charge in [0, 0.05) is 6.61 Å². The Morgan fingerprint density at radius 1 is 1.38 bits per heavy atom. The van der Waals surface area contributed by atoms with Crippen molar-refractivity contribution in [1.82, 2.24) is 0 Å². The first-order valence-corrected chi connectivity index (χ1v) is 7.89. The zero-order valence-corrected chi connectivity index (χ0v) is 13.9. The standard InChI is InChI=1S/C19H30O2/c1-15(7-5-9-17(21)12-14-20)10-11-18-16(2)8-6-13-19(18,3)4/h5,7,9-11,17,20-21H,6,8,12-14H2,1-4H3/b9-5+,11-10+,15-7+. The maximum absolute atomic E-state index is 9.50. The predicted octanol–water partition coefficient (Wildman–Crippen LogP) is 4.32. The summed E-state index contributed by atoms with van der Waals surface area (Å²) in [4.78, 5) is 0. The summed E-state index contributed by atoms with van der Waals surface area (Å²) < 4.78 is 0. The van der Waals surface area contributed by atoms with Crippen molar-refractivity contribution >= 4 is 0 Å². The van der Waals surface area contributed by atoms with Crippen LogP contribution in [-0.4, -0.2) is 22.9 Å². The quantitative estimate of drug-likeness (QED) is 0.715. The van der Waals surface area contributed by atoms with Crippen molar-refractivity contribution in [2.24, 2.45) is 5.41 Å². The van der Waals surface area contributed by atoms with Crippen LogP contribution >= 0.6 is 0 Å². The average molecular weight is 290 g/mol. The Kier molecular flexibility index (Phi) is 7.13. The SMILES string of the molecule is CC1=C(/C=C/C(C)=C/C=C/C(O)CCO)C(C)(C)CCC1. The maximum atomic E-state index is 9.50. The summed E-state index contributed by atoms with van der Waals surface area (Å²) in [5, 5.41) is 18.2. The molecule has 0 fully saturated rings. The van der Waals surface area contributed by atoms with Crippen LogP contribution in [0.15, 0.2) is 47.1 Å². The van der Waals surface area contributed by atoms with Gasteiger partial charge in [0.2, 0.25) is 0 Å². The number of rotatable bonds is 6. The van der Waals surface area contributed by atoms with Gasteiger partial charge >= 0.3 is 0 Å². The summed E-state index contributed by atoms with van der Waals surface area (Å²) in [6.07, 6.45) is 13.5. The van der Waals surface area contributed by atoms with E-state index in [9.17, 15) is 5.11 Å². The van der Waals surface area contributed by atoms with E-state index in [0.717, 1.165) is 5.57 Å². The van der Waals surface area contributed by atoms with Crippen molar-refractivity contribution in [1.29, 1.82) is 0 Å². The largest absolute Gasteiger partial charge is 0.396 e. The van der Waals surface area contributed by atoms with E-state index in [1.54, 1.807) is 6.08 Å². The average Bonchev–Trinajstić information content (AvgIpc) is 2.37. The predicted molar refractivity (Wildman–Crippen MR) is 90.1 cm³/mol. The molecule has 1 atom stereocenters. The van der Waals surface area contributed by atoms with E-state index >= 15 is 0 Å². The lowest BCUT2D eigenvalue weighted by Gasteiger charge is -2.32. The van der Waals surface area contributed by atoms with Gasteiger partial charge in [-0.05, 0) is 50.5 Å². The summed E-state index contributed by atoms with van der Waals surface area (Å²) in [7, 11) is 0. The van der Waals surface area contributed by atoms with Gasteiger partial charge in [-0.3, -0.25) is 0 Å². The van der Waals surface area contributed by atoms with Gasteiger partial charge in [-0.15, -0.1) is 0 Å². The monoisotopic (exact) mass is 290 g/mol. The van der Waals surface area contributed by atoms with E-state index in [1.807, 2.05) is 12.2 Å². The first-order valence-electron chi connectivity index (χ1n) is 7.89. The van der Waals surface area contributed by atoms with Gasteiger partial charge in [-0.2, -0.15) is 0 Å². The molecular weight excluding hydrogens is 260 g/mol. The first kappa shape index (κ1) is 17.9. The number of allylic oxidation sites excluding steroid dienone is 7. The molecule has 0 aromatic rings. The van der Waals surface area contributed by atoms with E-state index in [-0.39, 0.29) is 12.0 Å². The molecule has 2 nitrogen and oxygen atoms in total. The molecule has 0 aromatic carbocycles. The van der Waals surface area contributed by atoms with Gasteiger partial charge in [0.1, 0.15) is 0 Å². The van der Waals surface area contributed by atoms with Crippen LogP contribution in [0.2, 0.25) is 0 Å². The second-order valence-corrected chi connectivity index (χ2v) is 6.64. The molecule has 0 heterocycles. The molecule has 0 saturated carbocycles. The van der Waals surface area contributed by atoms with Crippen molar-refractivity contribution in [2.75, 3.05) is 6.61 Å². The third-order valence-corrected chi connectivity index (χ3v) is 4.17. The molecule has 1 unspecified atom stereocenters. The van der Waals surface area contributed by atoms with Crippen molar-refractivity contribution in [3.05, 3.63) is 47.1 Å². The van der Waals surface area contributed by atoms with Gasteiger partial charge in [-0.1, -0.05) is 55.4 Å². The zero-order chi connectivity index (χ0) is 15.9. The van der Waals surface area contributed by atoms with E-state index in [0.29, 0.717) is 6.42 Å². The number of hydrogen-bond acceptors (Lipinski definition) is 2. The van der Waals surface area contributed by atoms with Crippen molar-refractivity contribution < 1.29 is 10.2 Å². The van der Waals surface area contributed by atoms with E-state index in [1.165, 1.54) is 30.4 Å². The highest BCUT2D eigenvalue weighted by Gasteiger charge is 2.26. The summed E-state index contributed by atoms with van der Waals surface area (Å²) in [5.74, 6) is 0. The highest BCUT2D eigenvalue weighted by Crippen LogP contribution is 2.40. The van der Waals surface area contributed by atoms with Crippen LogP contribution < -0.4 is 0 Å². The third kappa shape index (κ3) is 6.03. The Morgan fingerprint density at radius 3 is 2.71 bits per heavy atom. The second-order valence-electron chi connectivity index (χ2n) is 6.64. The molecule has 2 heteroatoms. The van der Waals surface area contributed by atoms with Gasteiger partial charge in [0.05, 0.1) is 6.10 Å². The molecule has 1 rings (SSSR count). The maximum Gasteiger partial charge on any atom is 0.0745 e. The Bertz CT molecular complexity index is 450. The highest BCUT2D eigenvalue weighted by molar-refractivity contribution is 5.36. The van der Waals surface area contributed by atoms with E-state index < -0.39 is 6.10 Å². The molecule has 118 valence electrons. The minimum Gasteiger partial charge on any atom is -0.396 e. The number of aliphatic hydroxyl groups excluding tert-OH is 2. The molecule has 1 aliphatic carbocycles. The minimum absolute atomic E-state index is 0.0105. The molecule has 0 bridgehead atoms. The Labute approximate surface area is 129 Å².